The lowest BCUT2D eigenvalue weighted by molar-refractivity contribution is -0.138. The standard InChI is InChI=1S/C17H20N2O5S2/c1-25-14-4-2-12(3-5-14)10-24-17(21)15-6-7-16(20)19(18-15)13-8-9-26(22,23)11-13/h2-5,13H,6-11H2,1H3/t13-/m0/s1. The van der Waals surface area contributed by atoms with Gasteiger partial charge in [0, 0.05) is 17.7 Å². The summed E-state index contributed by atoms with van der Waals surface area (Å²) in [5.74, 6) is -0.886. The minimum Gasteiger partial charge on any atom is -0.456 e. The average Bonchev–Trinajstić information content (AvgIpc) is 3.00. The number of thioether (sulfide) groups is 1. The highest BCUT2D eigenvalue weighted by molar-refractivity contribution is 7.98. The molecule has 0 saturated carbocycles. The summed E-state index contributed by atoms with van der Waals surface area (Å²) in [6, 6.07) is 7.19. The molecule has 0 aliphatic carbocycles. The summed E-state index contributed by atoms with van der Waals surface area (Å²) in [6.07, 6.45) is 2.67. The van der Waals surface area contributed by atoms with Crippen LogP contribution < -0.4 is 0 Å². The van der Waals surface area contributed by atoms with Crippen LogP contribution in [-0.4, -0.2) is 54.8 Å². The molecular weight excluding hydrogens is 376 g/mol. The molecule has 2 heterocycles. The molecule has 0 spiro atoms. The number of hydrazone groups is 1. The smallest absolute Gasteiger partial charge is 0.354 e. The van der Waals surface area contributed by atoms with Gasteiger partial charge in [-0.2, -0.15) is 5.10 Å². The van der Waals surface area contributed by atoms with Crippen molar-refractivity contribution in [3.63, 3.8) is 0 Å². The molecule has 9 heteroatoms. The molecular formula is C17H20N2O5S2. The monoisotopic (exact) mass is 396 g/mol. The zero-order valence-corrected chi connectivity index (χ0v) is 16.0. The second kappa shape index (κ2) is 7.79. The number of hydrogen-bond donors (Lipinski definition) is 0. The fourth-order valence-corrected chi connectivity index (χ4v) is 5.03. The Morgan fingerprint density at radius 2 is 2.04 bits per heavy atom. The number of benzene rings is 1. The van der Waals surface area contributed by atoms with E-state index in [1.54, 1.807) is 11.8 Å². The molecule has 1 amide bonds. The SMILES string of the molecule is CSc1ccc(COC(=O)C2=NN([C@H]3CCS(=O)(=O)C3)C(=O)CC2)cc1. The van der Waals surface area contributed by atoms with Gasteiger partial charge >= 0.3 is 5.97 Å². The van der Waals surface area contributed by atoms with Gasteiger partial charge < -0.3 is 4.74 Å². The van der Waals surface area contributed by atoms with Crippen molar-refractivity contribution in [2.45, 2.75) is 36.8 Å². The van der Waals surface area contributed by atoms with Crippen LogP contribution in [0.3, 0.4) is 0 Å². The van der Waals surface area contributed by atoms with E-state index in [0.29, 0.717) is 6.42 Å². The second-order valence-electron chi connectivity index (χ2n) is 6.27. The Morgan fingerprint density at radius 3 is 2.65 bits per heavy atom. The van der Waals surface area contributed by atoms with Gasteiger partial charge in [0.1, 0.15) is 12.3 Å². The van der Waals surface area contributed by atoms with E-state index in [0.717, 1.165) is 15.5 Å². The summed E-state index contributed by atoms with van der Waals surface area (Å²) in [5, 5.41) is 5.27. The lowest BCUT2D eigenvalue weighted by Crippen LogP contribution is -2.42. The molecule has 0 N–H and O–H groups in total. The van der Waals surface area contributed by atoms with E-state index in [4.69, 9.17) is 4.74 Å². The largest absolute Gasteiger partial charge is 0.456 e. The lowest BCUT2D eigenvalue weighted by atomic mass is 10.1. The van der Waals surface area contributed by atoms with Crippen LogP contribution in [0.2, 0.25) is 0 Å². The van der Waals surface area contributed by atoms with Gasteiger partial charge in [-0.1, -0.05) is 12.1 Å². The van der Waals surface area contributed by atoms with Gasteiger partial charge in [0.25, 0.3) is 0 Å². The Morgan fingerprint density at radius 1 is 1.31 bits per heavy atom. The van der Waals surface area contributed by atoms with Crippen molar-refractivity contribution in [2.75, 3.05) is 17.8 Å². The van der Waals surface area contributed by atoms with Gasteiger partial charge in [-0.3, -0.25) is 4.79 Å². The molecule has 0 unspecified atom stereocenters. The van der Waals surface area contributed by atoms with Crippen LogP contribution in [0.5, 0.6) is 0 Å². The molecule has 0 aromatic heterocycles. The molecule has 1 saturated heterocycles. The Kier molecular flexibility index (Phi) is 5.67. The van der Waals surface area contributed by atoms with Gasteiger partial charge in [0.2, 0.25) is 5.91 Å². The number of carbonyl (C=O) groups is 2. The minimum atomic E-state index is -3.14. The quantitative estimate of drug-likeness (QED) is 0.555. The highest BCUT2D eigenvalue weighted by atomic mass is 32.2. The maximum atomic E-state index is 12.3. The first-order valence-electron chi connectivity index (χ1n) is 8.28. The summed E-state index contributed by atoms with van der Waals surface area (Å²) >= 11 is 1.63. The van der Waals surface area contributed by atoms with Crippen molar-refractivity contribution in [3.05, 3.63) is 29.8 Å². The molecule has 2 aliphatic heterocycles. The first-order valence-corrected chi connectivity index (χ1v) is 11.3. The fraction of sp³-hybridized carbons (Fsp3) is 0.471. The summed E-state index contributed by atoms with van der Waals surface area (Å²) in [5.41, 5.74) is 1.03. The first kappa shape index (κ1) is 18.9. The van der Waals surface area contributed by atoms with E-state index in [1.165, 1.54) is 0 Å². The van der Waals surface area contributed by atoms with Crippen LogP contribution in [0, 0.1) is 0 Å². The molecule has 7 nitrogen and oxygen atoms in total. The first-order chi connectivity index (χ1) is 12.4. The zero-order valence-electron chi connectivity index (χ0n) is 14.4. The molecule has 1 aromatic rings. The third kappa shape index (κ3) is 4.45. The number of rotatable bonds is 5. The predicted octanol–water partition coefficient (Wildman–Crippen LogP) is 1.62. The predicted molar refractivity (Wildman–Crippen MR) is 98.6 cm³/mol. The van der Waals surface area contributed by atoms with E-state index in [9.17, 15) is 18.0 Å². The maximum absolute atomic E-state index is 12.3. The lowest BCUT2D eigenvalue weighted by Gasteiger charge is -2.27. The zero-order chi connectivity index (χ0) is 18.7. The number of hydrogen-bond acceptors (Lipinski definition) is 7. The molecule has 0 bridgehead atoms. The molecule has 1 atom stereocenters. The third-order valence-electron chi connectivity index (χ3n) is 4.38. The van der Waals surface area contributed by atoms with E-state index in [2.05, 4.69) is 5.10 Å². The molecule has 0 radical (unpaired) electrons. The fourth-order valence-electron chi connectivity index (χ4n) is 2.93. The Bertz CT molecular complexity index is 833. The Hall–Kier alpha value is -1.87. The molecule has 3 rings (SSSR count). The van der Waals surface area contributed by atoms with E-state index in [1.807, 2.05) is 30.5 Å². The number of esters is 1. The average molecular weight is 396 g/mol. The van der Waals surface area contributed by atoms with E-state index < -0.39 is 21.8 Å². The number of sulfone groups is 1. The number of nitrogens with zero attached hydrogens (tertiary/aromatic N) is 2. The van der Waals surface area contributed by atoms with Crippen molar-refractivity contribution < 1.29 is 22.7 Å². The summed E-state index contributed by atoms with van der Waals surface area (Å²) in [4.78, 5) is 25.5. The van der Waals surface area contributed by atoms with E-state index in [-0.39, 0.29) is 42.6 Å². The molecule has 1 fully saturated rings. The number of carbonyl (C=O) groups excluding carboxylic acids is 2. The molecule has 2 aliphatic rings. The van der Waals surface area contributed by atoms with Crippen LogP contribution in [0.1, 0.15) is 24.8 Å². The second-order valence-corrected chi connectivity index (χ2v) is 9.37. The van der Waals surface area contributed by atoms with E-state index >= 15 is 0 Å². The van der Waals surface area contributed by atoms with Crippen LogP contribution in [-0.2, 0) is 30.8 Å². The highest BCUT2D eigenvalue weighted by Gasteiger charge is 2.37. The summed E-state index contributed by atoms with van der Waals surface area (Å²) in [6.45, 7) is 0.123. The molecule has 26 heavy (non-hydrogen) atoms. The topological polar surface area (TPSA) is 93.1 Å². The van der Waals surface area contributed by atoms with Crippen molar-refractivity contribution >= 4 is 39.2 Å². The number of ether oxygens (including phenoxy) is 1. The van der Waals surface area contributed by atoms with Crippen LogP contribution >= 0.6 is 11.8 Å². The van der Waals surface area contributed by atoms with Crippen molar-refractivity contribution in [1.29, 1.82) is 0 Å². The van der Waals surface area contributed by atoms with Gasteiger partial charge in [-0.25, -0.2) is 18.2 Å². The van der Waals surface area contributed by atoms with Crippen molar-refractivity contribution in [3.8, 4) is 0 Å². The maximum Gasteiger partial charge on any atom is 0.354 e. The van der Waals surface area contributed by atoms with Crippen molar-refractivity contribution in [1.82, 2.24) is 5.01 Å². The van der Waals surface area contributed by atoms with Crippen LogP contribution in [0.15, 0.2) is 34.3 Å². The van der Waals surface area contributed by atoms with Gasteiger partial charge in [-0.05, 0) is 30.4 Å². The summed E-state index contributed by atoms with van der Waals surface area (Å²) < 4.78 is 28.6. The third-order valence-corrected chi connectivity index (χ3v) is 6.87. The highest BCUT2D eigenvalue weighted by Crippen LogP contribution is 2.22. The van der Waals surface area contributed by atoms with Crippen LogP contribution in [0.25, 0.3) is 0 Å². The van der Waals surface area contributed by atoms with Gasteiger partial charge in [-0.15, -0.1) is 11.8 Å². The number of amides is 1. The summed E-state index contributed by atoms with van der Waals surface area (Å²) in [7, 11) is -3.14. The normalized spacial score (nSPS) is 22.2. The van der Waals surface area contributed by atoms with Gasteiger partial charge in [0.15, 0.2) is 9.84 Å². The van der Waals surface area contributed by atoms with Gasteiger partial charge in [0.05, 0.1) is 17.5 Å². The molecule has 1 aromatic carbocycles. The Balaban J connectivity index is 1.64. The minimum absolute atomic E-state index is 0.0444. The Labute approximate surface area is 156 Å². The van der Waals surface area contributed by atoms with Crippen LogP contribution in [0.4, 0.5) is 0 Å². The van der Waals surface area contributed by atoms with Crippen molar-refractivity contribution in [2.24, 2.45) is 5.10 Å². The molecule has 140 valence electrons.